The van der Waals surface area contributed by atoms with Crippen LogP contribution < -0.4 is 10.1 Å². The standard InChI is InChI=1S/C15H21NO2/c1-11-4-3-5-13(10-11)16-15(17)12-6-8-14(18-2)9-7-12/h6-9,11,13H,3-5,10H2,1-2H3,(H,16,17)/t11-,13-/m1/s1. The first-order valence-electron chi connectivity index (χ1n) is 6.64. The second kappa shape index (κ2) is 5.89. The normalized spacial score (nSPS) is 23.4. The summed E-state index contributed by atoms with van der Waals surface area (Å²) in [7, 11) is 1.62. The Balaban J connectivity index is 1.94. The highest BCUT2D eigenvalue weighted by molar-refractivity contribution is 5.94. The average molecular weight is 247 g/mol. The number of amides is 1. The lowest BCUT2D eigenvalue weighted by Crippen LogP contribution is -2.37. The maximum absolute atomic E-state index is 12.1. The van der Waals surface area contributed by atoms with Gasteiger partial charge in [0, 0.05) is 11.6 Å². The van der Waals surface area contributed by atoms with E-state index < -0.39 is 0 Å². The highest BCUT2D eigenvalue weighted by Gasteiger charge is 2.20. The maximum Gasteiger partial charge on any atom is 0.251 e. The molecule has 1 N–H and O–H groups in total. The fourth-order valence-corrected chi connectivity index (χ4v) is 2.58. The predicted molar refractivity (Wildman–Crippen MR) is 71.9 cm³/mol. The van der Waals surface area contributed by atoms with Gasteiger partial charge in [-0.05, 0) is 43.0 Å². The smallest absolute Gasteiger partial charge is 0.251 e. The summed E-state index contributed by atoms with van der Waals surface area (Å²) in [5.41, 5.74) is 0.703. The second-order valence-corrected chi connectivity index (χ2v) is 5.17. The van der Waals surface area contributed by atoms with Gasteiger partial charge in [0.1, 0.15) is 5.75 Å². The van der Waals surface area contributed by atoms with E-state index in [2.05, 4.69) is 12.2 Å². The van der Waals surface area contributed by atoms with E-state index in [9.17, 15) is 4.79 Å². The van der Waals surface area contributed by atoms with E-state index in [0.29, 0.717) is 11.6 Å². The topological polar surface area (TPSA) is 38.3 Å². The van der Waals surface area contributed by atoms with E-state index in [1.165, 1.54) is 12.8 Å². The van der Waals surface area contributed by atoms with Crippen LogP contribution in [0.2, 0.25) is 0 Å². The minimum absolute atomic E-state index is 0.0248. The molecule has 0 spiro atoms. The SMILES string of the molecule is COc1ccc(C(=O)N[C@@H]2CCC[C@@H](C)C2)cc1. The van der Waals surface area contributed by atoms with Crippen molar-refractivity contribution in [2.24, 2.45) is 5.92 Å². The molecule has 2 rings (SSSR count). The molecule has 0 aromatic heterocycles. The number of rotatable bonds is 3. The highest BCUT2D eigenvalue weighted by Crippen LogP contribution is 2.23. The first-order valence-corrected chi connectivity index (χ1v) is 6.64. The van der Waals surface area contributed by atoms with Crippen LogP contribution in [0.3, 0.4) is 0 Å². The molecular weight excluding hydrogens is 226 g/mol. The second-order valence-electron chi connectivity index (χ2n) is 5.17. The quantitative estimate of drug-likeness (QED) is 0.891. The summed E-state index contributed by atoms with van der Waals surface area (Å²) in [6.07, 6.45) is 4.71. The van der Waals surface area contributed by atoms with Gasteiger partial charge >= 0.3 is 0 Å². The monoisotopic (exact) mass is 247 g/mol. The lowest BCUT2D eigenvalue weighted by atomic mass is 9.87. The third kappa shape index (κ3) is 3.25. The fraction of sp³-hybridized carbons (Fsp3) is 0.533. The number of hydrogen-bond acceptors (Lipinski definition) is 2. The first kappa shape index (κ1) is 12.9. The highest BCUT2D eigenvalue weighted by atomic mass is 16.5. The van der Waals surface area contributed by atoms with Crippen molar-refractivity contribution in [3.05, 3.63) is 29.8 Å². The maximum atomic E-state index is 12.1. The van der Waals surface area contributed by atoms with Crippen molar-refractivity contribution in [3.8, 4) is 5.75 Å². The third-order valence-electron chi connectivity index (χ3n) is 3.62. The minimum Gasteiger partial charge on any atom is -0.497 e. The third-order valence-corrected chi connectivity index (χ3v) is 3.62. The summed E-state index contributed by atoms with van der Waals surface area (Å²) in [4.78, 5) is 12.1. The molecule has 0 unspecified atom stereocenters. The molecule has 1 aliphatic carbocycles. The number of nitrogens with one attached hydrogen (secondary N) is 1. The Kier molecular flexibility index (Phi) is 4.24. The van der Waals surface area contributed by atoms with Gasteiger partial charge in [-0.25, -0.2) is 0 Å². The number of carbonyl (C=O) groups excluding carboxylic acids is 1. The van der Waals surface area contributed by atoms with Crippen LogP contribution in [0, 0.1) is 5.92 Å². The Morgan fingerprint density at radius 1 is 1.28 bits per heavy atom. The number of benzene rings is 1. The Bertz CT molecular complexity index is 399. The van der Waals surface area contributed by atoms with Crippen molar-refractivity contribution in [2.45, 2.75) is 38.6 Å². The van der Waals surface area contributed by atoms with Crippen molar-refractivity contribution < 1.29 is 9.53 Å². The molecule has 0 heterocycles. The number of carbonyl (C=O) groups is 1. The summed E-state index contributed by atoms with van der Waals surface area (Å²) in [5, 5.41) is 3.12. The summed E-state index contributed by atoms with van der Waals surface area (Å²) in [5.74, 6) is 1.52. The first-order chi connectivity index (χ1) is 8.69. The summed E-state index contributed by atoms with van der Waals surface area (Å²) >= 11 is 0. The van der Waals surface area contributed by atoms with Gasteiger partial charge in [-0.15, -0.1) is 0 Å². The molecule has 1 fully saturated rings. The van der Waals surface area contributed by atoms with Crippen LogP contribution in [0.1, 0.15) is 43.0 Å². The molecule has 1 aromatic rings. The van der Waals surface area contributed by atoms with Crippen molar-refractivity contribution in [2.75, 3.05) is 7.11 Å². The van der Waals surface area contributed by atoms with Crippen molar-refractivity contribution in [1.82, 2.24) is 5.32 Å². The van der Waals surface area contributed by atoms with Gasteiger partial charge in [0.25, 0.3) is 5.91 Å². The van der Waals surface area contributed by atoms with Gasteiger partial charge < -0.3 is 10.1 Å². The van der Waals surface area contributed by atoms with Crippen LogP contribution in [-0.4, -0.2) is 19.1 Å². The molecule has 1 aromatic carbocycles. The predicted octanol–water partition coefficient (Wildman–Crippen LogP) is 3.00. The van der Waals surface area contributed by atoms with E-state index >= 15 is 0 Å². The zero-order valence-corrected chi connectivity index (χ0v) is 11.1. The molecule has 0 aliphatic heterocycles. The van der Waals surface area contributed by atoms with Crippen LogP contribution in [0.5, 0.6) is 5.75 Å². The number of ether oxygens (including phenoxy) is 1. The summed E-state index contributed by atoms with van der Waals surface area (Å²) in [6, 6.07) is 7.58. The molecule has 1 aliphatic rings. The molecular formula is C15H21NO2. The van der Waals surface area contributed by atoms with Gasteiger partial charge in [0.2, 0.25) is 0 Å². The average Bonchev–Trinajstić information content (AvgIpc) is 2.39. The van der Waals surface area contributed by atoms with Gasteiger partial charge in [0.15, 0.2) is 0 Å². The molecule has 1 amide bonds. The molecule has 3 heteroatoms. The molecule has 0 radical (unpaired) electrons. The van der Waals surface area contributed by atoms with Crippen LogP contribution in [0.25, 0.3) is 0 Å². The molecule has 0 bridgehead atoms. The van der Waals surface area contributed by atoms with Gasteiger partial charge in [-0.2, -0.15) is 0 Å². The molecule has 98 valence electrons. The minimum atomic E-state index is 0.0248. The van der Waals surface area contributed by atoms with E-state index in [0.717, 1.165) is 24.5 Å². The van der Waals surface area contributed by atoms with E-state index in [4.69, 9.17) is 4.74 Å². The Labute approximate surface area is 109 Å². The van der Waals surface area contributed by atoms with Crippen molar-refractivity contribution in [1.29, 1.82) is 0 Å². The molecule has 0 saturated heterocycles. The molecule has 3 nitrogen and oxygen atoms in total. The van der Waals surface area contributed by atoms with E-state index in [1.54, 1.807) is 19.2 Å². The largest absolute Gasteiger partial charge is 0.497 e. The zero-order valence-electron chi connectivity index (χ0n) is 11.1. The lowest BCUT2D eigenvalue weighted by molar-refractivity contribution is 0.0921. The number of hydrogen-bond donors (Lipinski definition) is 1. The molecule has 18 heavy (non-hydrogen) atoms. The Morgan fingerprint density at radius 2 is 2.00 bits per heavy atom. The van der Waals surface area contributed by atoms with Gasteiger partial charge in [0.05, 0.1) is 7.11 Å². The van der Waals surface area contributed by atoms with Gasteiger partial charge in [-0.1, -0.05) is 19.8 Å². The number of methoxy groups -OCH3 is 1. The molecule has 1 saturated carbocycles. The summed E-state index contributed by atoms with van der Waals surface area (Å²) < 4.78 is 5.08. The van der Waals surface area contributed by atoms with Crippen molar-refractivity contribution in [3.63, 3.8) is 0 Å². The Hall–Kier alpha value is -1.51. The molecule has 2 atom stereocenters. The summed E-state index contributed by atoms with van der Waals surface area (Å²) in [6.45, 7) is 2.26. The van der Waals surface area contributed by atoms with Crippen LogP contribution in [0.4, 0.5) is 0 Å². The lowest BCUT2D eigenvalue weighted by Gasteiger charge is -2.27. The van der Waals surface area contributed by atoms with Crippen molar-refractivity contribution >= 4 is 5.91 Å². The van der Waals surface area contributed by atoms with Crippen LogP contribution >= 0.6 is 0 Å². The van der Waals surface area contributed by atoms with Gasteiger partial charge in [-0.3, -0.25) is 4.79 Å². The van der Waals surface area contributed by atoms with E-state index in [-0.39, 0.29) is 5.91 Å². The van der Waals surface area contributed by atoms with Crippen LogP contribution in [0.15, 0.2) is 24.3 Å². The van der Waals surface area contributed by atoms with Crippen LogP contribution in [-0.2, 0) is 0 Å². The Morgan fingerprint density at radius 3 is 2.61 bits per heavy atom. The fourth-order valence-electron chi connectivity index (χ4n) is 2.58. The zero-order chi connectivity index (χ0) is 13.0. The van der Waals surface area contributed by atoms with E-state index in [1.807, 2.05) is 12.1 Å².